The summed E-state index contributed by atoms with van der Waals surface area (Å²) in [7, 11) is 1.68. The molecule has 0 radical (unpaired) electrons. The lowest BCUT2D eigenvalue weighted by Crippen LogP contribution is -1.95. The fraction of sp³-hybridized carbons (Fsp3) is 0.263. The third-order valence-electron chi connectivity index (χ3n) is 3.28. The molecule has 0 aromatic heterocycles. The average molecular weight is 282 g/mol. The first-order valence-corrected chi connectivity index (χ1v) is 7.22. The van der Waals surface area contributed by atoms with Crippen LogP contribution < -0.4 is 4.74 Å². The van der Waals surface area contributed by atoms with Gasteiger partial charge in [-0.15, -0.1) is 0 Å². The molecule has 0 saturated carbocycles. The number of allylic oxidation sites excluding steroid dienone is 1. The van der Waals surface area contributed by atoms with Crippen LogP contribution in [0.4, 0.5) is 0 Å². The monoisotopic (exact) mass is 282 g/mol. The number of hydrogen-bond acceptors (Lipinski definition) is 2. The fourth-order valence-corrected chi connectivity index (χ4v) is 2.13. The van der Waals surface area contributed by atoms with Gasteiger partial charge in [0.2, 0.25) is 0 Å². The predicted octanol–water partition coefficient (Wildman–Crippen LogP) is 4.40. The van der Waals surface area contributed by atoms with E-state index in [0.717, 1.165) is 18.6 Å². The molecule has 0 heterocycles. The summed E-state index contributed by atoms with van der Waals surface area (Å²) >= 11 is 0. The summed E-state index contributed by atoms with van der Waals surface area (Å²) in [6, 6.07) is 18.5. The van der Waals surface area contributed by atoms with E-state index in [1.807, 2.05) is 24.5 Å². The lowest BCUT2D eigenvalue weighted by atomic mass is 10.1. The van der Waals surface area contributed by atoms with Crippen LogP contribution in [-0.4, -0.2) is 13.7 Å². The van der Waals surface area contributed by atoms with Crippen molar-refractivity contribution >= 4 is 0 Å². The zero-order valence-corrected chi connectivity index (χ0v) is 12.7. The van der Waals surface area contributed by atoms with E-state index in [-0.39, 0.29) is 0 Å². The van der Waals surface area contributed by atoms with E-state index in [9.17, 15) is 0 Å². The summed E-state index contributed by atoms with van der Waals surface area (Å²) in [4.78, 5) is 0. The van der Waals surface area contributed by atoms with Crippen molar-refractivity contribution in [2.45, 2.75) is 19.8 Å². The highest BCUT2D eigenvalue weighted by molar-refractivity contribution is 5.29. The zero-order valence-electron chi connectivity index (χ0n) is 12.7. The molecule has 2 rings (SSSR count). The molecule has 0 bridgehead atoms. The maximum Gasteiger partial charge on any atom is 0.118 e. The summed E-state index contributed by atoms with van der Waals surface area (Å²) < 4.78 is 10.8. The van der Waals surface area contributed by atoms with Gasteiger partial charge in [-0.05, 0) is 42.2 Å². The number of hydrogen-bond donors (Lipinski definition) is 0. The first-order chi connectivity index (χ1) is 10.3. The Labute approximate surface area is 127 Å². The minimum atomic E-state index is 0.712. The Kier molecular flexibility index (Phi) is 5.89. The van der Waals surface area contributed by atoms with Gasteiger partial charge in [-0.3, -0.25) is 0 Å². The second-order valence-electron chi connectivity index (χ2n) is 5.10. The molecule has 0 aliphatic heterocycles. The highest BCUT2D eigenvalue weighted by Gasteiger charge is 1.97. The van der Waals surface area contributed by atoms with Gasteiger partial charge in [0.1, 0.15) is 5.75 Å². The molecule has 0 amide bonds. The third kappa shape index (κ3) is 5.35. The standard InChI is InChI=1S/C19H22O2/c1-16(14-18-8-10-19(20-2)11-9-18)15-21-13-12-17-6-4-3-5-7-17/h3-11,15H,12-14H2,1-2H3. The Hall–Kier alpha value is -2.22. The normalized spacial score (nSPS) is 11.2. The molecule has 0 spiro atoms. The van der Waals surface area contributed by atoms with Crippen LogP contribution in [0.1, 0.15) is 18.1 Å². The molecular formula is C19H22O2. The first-order valence-electron chi connectivity index (χ1n) is 7.22. The van der Waals surface area contributed by atoms with Gasteiger partial charge in [-0.25, -0.2) is 0 Å². The van der Waals surface area contributed by atoms with Gasteiger partial charge in [0, 0.05) is 6.42 Å². The Balaban J connectivity index is 1.75. The summed E-state index contributed by atoms with van der Waals surface area (Å²) in [5.74, 6) is 0.888. The van der Waals surface area contributed by atoms with E-state index in [4.69, 9.17) is 9.47 Å². The summed E-state index contributed by atoms with van der Waals surface area (Å²) in [6.45, 7) is 2.80. The summed E-state index contributed by atoms with van der Waals surface area (Å²) in [5, 5.41) is 0. The second kappa shape index (κ2) is 8.15. The second-order valence-corrected chi connectivity index (χ2v) is 5.10. The van der Waals surface area contributed by atoms with Crippen molar-refractivity contribution in [2.75, 3.05) is 13.7 Å². The Morgan fingerprint density at radius 1 is 0.952 bits per heavy atom. The molecule has 2 nitrogen and oxygen atoms in total. The average Bonchev–Trinajstić information content (AvgIpc) is 2.53. The molecule has 0 saturated heterocycles. The molecule has 0 aliphatic rings. The molecule has 0 aliphatic carbocycles. The molecule has 0 N–H and O–H groups in total. The third-order valence-corrected chi connectivity index (χ3v) is 3.28. The molecule has 0 atom stereocenters. The van der Waals surface area contributed by atoms with Crippen molar-refractivity contribution in [3.63, 3.8) is 0 Å². The minimum absolute atomic E-state index is 0.712. The van der Waals surface area contributed by atoms with Crippen molar-refractivity contribution in [3.05, 3.63) is 77.6 Å². The van der Waals surface area contributed by atoms with E-state index in [1.165, 1.54) is 16.7 Å². The SMILES string of the molecule is COc1ccc(CC(C)=COCCc2ccccc2)cc1. The van der Waals surface area contributed by atoms with Crippen LogP contribution in [0.15, 0.2) is 66.4 Å². The van der Waals surface area contributed by atoms with Gasteiger partial charge < -0.3 is 9.47 Å². The van der Waals surface area contributed by atoms with Crippen molar-refractivity contribution in [3.8, 4) is 5.75 Å². The lowest BCUT2D eigenvalue weighted by Gasteiger charge is -2.06. The van der Waals surface area contributed by atoms with Crippen LogP contribution in [0.25, 0.3) is 0 Å². The molecule has 0 fully saturated rings. The molecule has 21 heavy (non-hydrogen) atoms. The quantitative estimate of drug-likeness (QED) is 0.553. The molecule has 2 aromatic carbocycles. The largest absolute Gasteiger partial charge is 0.501 e. The van der Waals surface area contributed by atoms with Crippen molar-refractivity contribution in [1.82, 2.24) is 0 Å². The van der Waals surface area contributed by atoms with E-state index < -0.39 is 0 Å². The highest BCUT2D eigenvalue weighted by atomic mass is 16.5. The maximum atomic E-state index is 5.63. The molecule has 2 heteroatoms. The van der Waals surface area contributed by atoms with Gasteiger partial charge in [0.05, 0.1) is 20.0 Å². The molecule has 110 valence electrons. The van der Waals surface area contributed by atoms with Crippen LogP contribution in [0.3, 0.4) is 0 Å². The highest BCUT2D eigenvalue weighted by Crippen LogP contribution is 2.14. The number of rotatable bonds is 7. The predicted molar refractivity (Wildman–Crippen MR) is 86.6 cm³/mol. The van der Waals surface area contributed by atoms with Crippen molar-refractivity contribution < 1.29 is 9.47 Å². The first kappa shape index (κ1) is 15.2. The van der Waals surface area contributed by atoms with Gasteiger partial charge in [0.15, 0.2) is 0 Å². The van der Waals surface area contributed by atoms with E-state index in [0.29, 0.717) is 6.61 Å². The van der Waals surface area contributed by atoms with Crippen LogP contribution in [0, 0.1) is 0 Å². The van der Waals surface area contributed by atoms with Gasteiger partial charge >= 0.3 is 0 Å². The van der Waals surface area contributed by atoms with Crippen molar-refractivity contribution in [1.29, 1.82) is 0 Å². The summed E-state index contributed by atoms with van der Waals surface area (Å²) in [5.41, 5.74) is 3.78. The maximum absolute atomic E-state index is 5.63. The van der Waals surface area contributed by atoms with Crippen LogP contribution in [0.5, 0.6) is 5.75 Å². The molecule has 2 aromatic rings. The van der Waals surface area contributed by atoms with E-state index in [2.05, 4.69) is 43.3 Å². The number of methoxy groups -OCH3 is 1. The Bertz CT molecular complexity index is 556. The van der Waals surface area contributed by atoms with Crippen molar-refractivity contribution in [2.24, 2.45) is 0 Å². The minimum Gasteiger partial charge on any atom is -0.501 e. The molecular weight excluding hydrogens is 260 g/mol. The van der Waals surface area contributed by atoms with Gasteiger partial charge in [-0.1, -0.05) is 42.5 Å². The smallest absolute Gasteiger partial charge is 0.118 e. The van der Waals surface area contributed by atoms with Crippen LogP contribution in [-0.2, 0) is 17.6 Å². The van der Waals surface area contributed by atoms with E-state index >= 15 is 0 Å². The number of benzene rings is 2. The summed E-state index contributed by atoms with van der Waals surface area (Å²) in [6.07, 6.45) is 3.70. The van der Waals surface area contributed by atoms with Gasteiger partial charge in [0.25, 0.3) is 0 Å². The van der Waals surface area contributed by atoms with Crippen LogP contribution in [0.2, 0.25) is 0 Å². The zero-order chi connectivity index (χ0) is 14.9. The van der Waals surface area contributed by atoms with Crippen LogP contribution >= 0.6 is 0 Å². The molecule has 0 unspecified atom stereocenters. The van der Waals surface area contributed by atoms with E-state index in [1.54, 1.807) is 7.11 Å². The Morgan fingerprint density at radius 2 is 1.67 bits per heavy atom. The topological polar surface area (TPSA) is 18.5 Å². The fourth-order valence-electron chi connectivity index (χ4n) is 2.13. The Morgan fingerprint density at radius 3 is 2.33 bits per heavy atom. The van der Waals surface area contributed by atoms with Gasteiger partial charge in [-0.2, -0.15) is 0 Å². The lowest BCUT2D eigenvalue weighted by molar-refractivity contribution is 0.250. The number of ether oxygens (including phenoxy) is 2.